The van der Waals surface area contributed by atoms with Crippen molar-refractivity contribution in [2.45, 2.75) is 6.18 Å². The van der Waals surface area contributed by atoms with Crippen molar-refractivity contribution < 1.29 is 27.5 Å². The Kier molecular flexibility index (Phi) is 5.30. The normalized spacial score (nSPS) is 11.5. The maximum Gasteiger partial charge on any atom is 0.406 e. The first-order valence-corrected chi connectivity index (χ1v) is 5.96. The van der Waals surface area contributed by atoms with E-state index in [0.29, 0.717) is 4.90 Å². The molecule has 19 heavy (non-hydrogen) atoms. The summed E-state index contributed by atoms with van der Waals surface area (Å²) in [6, 6.07) is 3.16. The van der Waals surface area contributed by atoms with E-state index in [1.807, 2.05) is 0 Å². The van der Waals surface area contributed by atoms with Gasteiger partial charge in [-0.25, -0.2) is 4.39 Å². The molecule has 0 fully saturated rings. The van der Waals surface area contributed by atoms with E-state index in [1.165, 1.54) is 0 Å². The molecule has 1 rings (SSSR count). The van der Waals surface area contributed by atoms with E-state index in [-0.39, 0.29) is 10.0 Å². The van der Waals surface area contributed by atoms with Crippen LogP contribution in [0.3, 0.4) is 0 Å². The average molecular weight is 344 g/mol. The van der Waals surface area contributed by atoms with Gasteiger partial charge in [0.05, 0.1) is 11.1 Å². The molecule has 0 aliphatic rings. The summed E-state index contributed by atoms with van der Waals surface area (Å²) in [7, 11) is 0. The molecular weight excluding hydrogens is 334 g/mol. The molecule has 0 aliphatic carbocycles. The van der Waals surface area contributed by atoms with Crippen LogP contribution in [0.4, 0.5) is 17.6 Å². The number of rotatable bonds is 4. The Bertz CT molecular complexity index is 464. The van der Waals surface area contributed by atoms with E-state index >= 15 is 0 Å². The number of aliphatic hydroxyl groups excluding tert-OH is 1. The van der Waals surface area contributed by atoms with Crippen LogP contribution < -0.4 is 0 Å². The molecule has 106 valence electrons. The smallest absolute Gasteiger partial charge is 0.395 e. The van der Waals surface area contributed by atoms with Crippen molar-refractivity contribution in [3.63, 3.8) is 0 Å². The summed E-state index contributed by atoms with van der Waals surface area (Å²) < 4.78 is 49.9. The highest BCUT2D eigenvalue weighted by atomic mass is 79.9. The van der Waals surface area contributed by atoms with Crippen LogP contribution in [-0.2, 0) is 0 Å². The van der Waals surface area contributed by atoms with E-state index < -0.39 is 37.6 Å². The number of nitrogens with zero attached hydrogens (tertiary/aromatic N) is 1. The van der Waals surface area contributed by atoms with Crippen LogP contribution >= 0.6 is 15.9 Å². The van der Waals surface area contributed by atoms with E-state index in [9.17, 15) is 22.4 Å². The second-order valence-corrected chi connectivity index (χ2v) is 4.55. The Morgan fingerprint density at radius 3 is 2.47 bits per heavy atom. The van der Waals surface area contributed by atoms with Crippen molar-refractivity contribution in [3.05, 3.63) is 34.1 Å². The van der Waals surface area contributed by atoms with Gasteiger partial charge in [0.25, 0.3) is 5.91 Å². The van der Waals surface area contributed by atoms with Gasteiger partial charge in [0, 0.05) is 12.1 Å². The summed E-state index contributed by atoms with van der Waals surface area (Å²) in [5.41, 5.74) is -0.0917. The molecule has 1 N–H and O–H groups in total. The van der Waals surface area contributed by atoms with Crippen molar-refractivity contribution >= 4 is 21.8 Å². The van der Waals surface area contributed by atoms with Gasteiger partial charge >= 0.3 is 6.18 Å². The first kappa shape index (κ1) is 15.9. The standard InChI is InChI=1S/C11H10BrF4NO2/c12-8-5-7(1-2-9(8)13)10(19)17(3-4-18)6-11(14,15)16/h1-2,5,18H,3-4,6H2. The summed E-state index contributed by atoms with van der Waals surface area (Å²) in [5, 5.41) is 8.70. The number of halogens is 5. The SMILES string of the molecule is O=C(c1ccc(F)c(Br)c1)N(CCO)CC(F)(F)F. The fraction of sp³-hybridized carbons (Fsp3) is 0.364. The van der Waals surface area contributed by atoms with Crippen molar-refractivity contribution in [3.8, 4) is 0 Å². The van der Waals surface area contributed by atoms with Crippen molar-refractivity contribution in [1.29, 1.82) is 0 Å². The molecule has 1 amide bonds. The summed E-state index contributed by atoms with van der Waals surface area (Å²) >= 11 is 2.85. The van der Waals surface area contributed by atoms with E-state index in [1.54, 1.807) is 0 Å². The Hall–Kier alpha value is -1.15. The molecule has 0 spiro atoms. The van der Waals surface area contributed by atoms with Gasteiger partial charge in [-0.2, -0.15) is 13.2 Å². The monoisotopic (exact) mass is 343 g/mol. The van der Waals surface area contributed by atoms with Crippen LogP contribution in [0.25, 0.3) is 0 Å². The minimum Gasteiger partial charge on any atom is -0.395 e. The Morgan fingerprint density at radius 2 is 2.00 bits per heavy atom. The largest absolute Gasteiger partial charge is 0.406 e. The number of hydrogen-bond acceptors (Lipinski definition) is 2. The van der Waals surface area contributed by atoms with Crippen LogP contribution in [-0.4, -0.2) is 41.8 Å². The van der Waals surface area contributed by atoms with Gasteiger partial charge in [-0.15, -0.1) is 0 Å². The summed E-state index contributed by atoms with van der Waals surface area (Å²) in [5.74, 6) is -1.55. The average Bonchev–Trinajstić information content (AvgIpc) is 2.29. The number of hydrogen-bond donors (Lipinski definition) is 1. The first-order valence-electron chi connectivity index (χ1n) is 5.16. The first-order chi connectivity index (χ1) is 8.74. The third kappa shape index (κ3) is 4.79. The highest BCUT2D eigenvalue weighted by Gasteiger charge is 2.33. The number of carbonyl (C=O) groups is 1. The van der Waals surface area contributed by atoms with Gasteiger partial charge < -0.3 is 10.0 Å². The van der Waals surface area contributed by atoms with Crippen LogP contribution in [0.2, 0.25) is 0 Å². The third-order valence-corrected chi connectivity index (χ3v) is 2.80. The highest BCUT2D eigenvalue weighted by Crippen LogP contribution is 2.21. The Morgan fingerprint density at radius 1 is 1.37 bits per heavy atom. The highest BCUT2D eigenvalue weighted by molar-refractivity contribution is 9.10. The van der Waals surface area contributed by atoms with Crippen molar-refractivity contribution in [1.82, 2.24) is 4.90 Å². The van der Waals surface area contributed by atoms with Gasteiger partial charge in [-0.05, 0) is 34.1 Å². The van der Waals surface area contributed by atoms with E-state index in [2.05, 4.69) is 15.9 Å². The molecule has 0 aliphatic heterocycles. The number of aliphatic hydroxyl groups is 1. The predicted octanol–water partition coefficient (Wildman–Crippen LogP) is 2.59. The lowest BCUT2D eigenvalue weighted by Crippen LogP contribution is -2.40. The molecular formula is C11H10BrF4NO2. The fourth-order valence-corrected chi connectivity index (χ4v) is 1.78. The Balaban J connectivity index is 2.95. The van der Waals surface area contributed by atoms with Gasteiger partial charge in [0.2, 0.25) is 0 Å². The zero-order valence-corrected chi connectivity index (χ0v) is 11.1. The number of amides is 1. The van der Waals surface area contributed by atoms with Crippen LogP contribution in [0.1, 0.15) is 10.4 Å². The minimum atomic E-state index is -4.57. The molecule has 0 bridgehead atoms. The summed E-state index contributed by atoms with van der Waals surface area (Å²) in [6.07, 6.45) is -4.57. The molecule has 0 saturated carbocycles. The van der Waals surface area contributed by atoms with Crippen molar-refractivity contribution in [2.75, 3.05) is 19.7 Å². The van der Waals surface area contributed by atoms with E-state index in [0.717, 1.165) is 18.2 Å². The topological polar surface area (TPSA) is 40.5 Å². The van der Waals surface area contributed by atoms with Crippen LogP contribution in [0.5, 0.6) is 0 Å². The zero-order valence-electron chi connectivity index (χ0n) is 9.55. The molecule has 1 aromatic rings. The van der Waals surface area contributed by atoms with Gasteiger partial charge in [-0.3, -0.25) is 4.79 Å². The van der Waals surface area contributed by atoms with Crippen LogP contribution in [0, 0.1) is 5.82 Å². The molecule has 8 heteroatoms. The van der Waals surface area contributed by atoms with Crippen LogP contribution in [0.15, 0.2) is 22.7 Å². The summed E-state index contributed by atoms with van der Waals surface area (Å²) in [4.78, 5) is 12.3. The second-order valence-electron chi connectivity index (χ2n) is 3.69. The van der Waals surface area contributed by atoms with Crippen molar-refractivity contribution in [2.24, 2.45) is 0 Å². The molecule has 3 nitrogen and oxygen atoms in total. The maximum atomic E-state index is 13.0. The minimum absolute atomic E-state index is 0.0192. The van der Waals surface area contributed by atoms with Gasteiger partial charge in [0.15, 0.2) is 0 Å². The number of benzene rings is 1. The van der Waals surface area contributed by atoms with E-state index in [4.69, 9.17) is 5.11 Å². The lowest BCUT2D eigenvalue weighted by atomic mass is 10.2. The zero-order chi connectivity index (χ0) is 14.6. The van der Waals surface area contributed by atoms with Gasteiger partial charge in [-0.1, -0.05) is 0 Å². The molecule has 0 atom stereocenters. The molecule has 0 unspecified atom stereocenters. The number of alkyl halides is 3. The molecule has 0 aromatic heterocycles. The summed E-state index contributed by atoms with van der Waals surface area (Å²) in [6.45, 7) is -2.51. The lowest BCUT2D eigenvalue weighted by Gasteiger charge is -2.23. The lowest BCUT2D eigenvalue weighted by molar-refractivity contribution is -0.141. The second kappa shape index (κ2) is 6.33. The fourth-order valence-electron chi connectivity index (χ4n) is 1.40. The van der Waals surface area contributed by atoms with Gasteiger partial charge in [0.1, 0.15) is 12.4 Å². The molecule has 0 saturated heterocycles. The number of carbonyl (C=O) groups excluding carboxylic acids is 1. The maximum absolute atomic E-state index is 13.0. The Labute approximate surface area is 115 Å². The molecule has 0 heterocycles. The quantitative estimate of drug-likeness (QED) is 0.853. The predicted molar refractivity (Wildman–Crippen MR) is 63.1 cm³/mol. The third-order valence-electron chi connectivity index (χ3n) is 2.19. The molecule has 1 aromatic carbocycles. The molecule has 0 radical (unpaired) electrons.